The van der Waals surface area contributed by atoms with Crippen molar-refractivity contribution >= 4 is 15.9 Å². The molecule has 0 radical (unpaired) electrons. The Hall–Kier alpha value is -1.44. The van der Waals surface area contributed by atoms with Gasteiger partial charge in [-0.25, -0.2) is 8.42 Å². The standard InChI is InChI=1S/C18H26N2O4S/c21-18(13-15-5-1-2-6-15)19-14-16-7-3-4-8-17(16)25(22,23)20-9-11-24-12-10-20/h3-4,7-8,15H,1-2,5-6,9-14H2,(H,19,21). The Kier molecular flexibility index (Phi) is 6.09. The van der Waals surface area contributed by atoms with E-state index in [1.54, 1.807) is 24.3 Å². The lowest BCUT2D eigenvalue weighted by Crippen LogP contribution is -2.41. The van der Waals surface area contributed by atoms with Crippen molar-refractivity contribution in [1.29, 1.82) is 0 Å². The van der Waals surface area contributed by atoms with E-state index >= 15 is 0 Å². The van der Waals surface area contributed by atoms with Crippen LogP contribution in [-0.2, 0) is 26.1 Å². The number of hydrogen-bond acceptors (Lipinski definition) is 4. The van der Waals surface area contributed by atoms with Gasteiger partial charge in [0.25, 0.3) is 0 Å². The van der Waals surface area contributed by atoms with E-state index in [4.69, 9.17) is 4.74 Å². The molecule has 25 heavy (non-hydrogen) atoms. The Morgan fingerprint density at radius 3 is 2.56 bits per heavy atom. The molecule has 1 aliphatic carbocycles. The summed E-state index contributed by atoms with van der Waals surface area (Å²) in [7, 11) is -3.56. The molecule has 0 aromatic heterocycles. The number of amides is 1. The molecule has 1 aliphatic heterocycles. The van der Waals surface area contributed by atoms with Crippen LogP contribution in [0.25, 0.3) is 0 Å². The highest BCUT2D eigenvalue weighted by atomic mass is 32.2. The quantitative estimate of drug-likeness (QED) is 0.834. The summed E-state index contributed by atoms with van der Waals surface area (Å²) in [5.74, 6) is 0.484. The van der Waals surface area contributed by atoms with Crippen molar-refractivity contribution in [2.75, 3.05) is 26.3 Å². The zero-order valence-corrected chi connectivity index (χ0v) is 15.3. The van der Waals surface area contributed by atoms with Crippen LogP contribution in [0.3, 0.4) is 0 Å². The number of benzene rings is 1. The molecule has 2 fully saturated rings. The first-order chi connectivity index (χ1) is 12.1. The number of nitrogens with zero attached hydrogens (tertiary/aromatic N) is 1. The van der Waals surface area contributed by atoms with Crippen molar-refractivity contribution in [2.24, 2.45) is 5.92 Å². The second kappa shape index (κ2) is 8.29. The van der Waals surface area contributed by atoms with Gasteiger partial charge in [0.1, 0.15) is 0 Å². The zero-order chi connectivity index (χ0) is 17.7. The van der Waals surface area contributed by atoms with Gasteiger partial charge in [-0.05, 0) is 30.4 Å². The van der Waals surface area contributed by atoms with E-state index in [1.807, 2.05) is 0 Å². The molecular formula is C18H26N2O4S. The Bertz CT molecular complexity index is 693. The van der Waals surface area contributed by atoms with Crippen molar-refractivity contribution in [3.63, 3.8) is 0 Å². The van der Waals surface area contributed by atoms with Crippen LogP contribution in [-0.4, -0.2) is 44.9 Å². The summed E-state index contributed by atoms with van der Waals surface area (Å²) >= 11 is 0. The average molecular weight is 366 g/mol. The van der Waals surface area contributed by atoms with E-state index in [0.717, 1.165) is 12.8 Å². The summed E-state index contributed by atoms with van der Waals surface area (Å²) in [5, 5.41) is 2.89. The smallest absolute Gasteiger partial charge is 0.243 e. The van der Waals surface area contributed by atoms with Crippen molar-refractivity contribution in [2.45, 2.75) is 43.5 Å². The van der Waals surface area contributed by atoms with Crippen LogP contribution in [0.15, 0.2) is 29.2 Å². The van der Waals surface area contributed by atoms with Crippen LogP contribution in [0.4, 0.5) is 0 Å². The fourth-order valence-electron chi connectivity index (χ4n) is 3.57. The summed E-state index contributed by atoms with van der Waals surface area (Å²) in [4.78, 5) is 12.4. The lowest BCUT2D eigenvalue weighted by atomic mass is 10.0. The monoisotopic (exact) mass is 366 g/mol. The minimum Gasteiger partial charge on any atom is -0.379 e. The number of sulfonamides is 1. The lowest BCUT2D eigenvalue weighted by Gasteiger charge is -2.27. The molecule has 0 unspecified atom stereocenters. The molecule has 1 aromatic rings. The summed E-state index contributed by atoms with van der Waals surface area (Å²) in [6.45, 7) is 1.81. The average Bonchev–Trinajstić information content (AvgIpc) is 3.14. The van der Waals surface area contributed by atoms with Gasteiger partial charge in [0.15, 0.2) is 0 Å². The molecule has 1 N–H and O–H groups in total. The Morgan fingerprint density at radius 1 is 1.16 bits per heavy atom. The Morgan fingerprint density at radius 2 is 1.84 bits per heavy atom. The first-order valence-corrected chi connectivity index (χ1v) is 10.4. The largest absolute Gasteiger partial charge is 0.379 e. The van der Waals surface area contributed by atoms with Crippen molar-refractivity contribution in [3.8, 4) is 0 Å². The van der Waals surface area contributed by atoms with Crippen molar-refractivity contribution in [3.05, 3.63) is 29.8 Å². The number of morpholine rings is 1. The highest BCUT2D eigenvalue weighted by Gasteiger charge is 2.28. The maximum absolute atomic E-state index is 12.9. The van der Waals surface area contributed by atoms with Crippen molar-refractivity contribution < 1.29 is 17.9 Å². The molecule has 0 atom stereocenters. The van der Waals surface area contributed by atoms with Crippen LogP contribution in [0.1, 0.15) is 37.7 Å². The van der Waals surface area contributed by atoms with Gasteiger partial charge >= 0.3 is 0 Å². The molecule has 1 heterocycles. The van der Waals surface area contributed by atoms with Gasteiger partial charge in [-0.15, -0.1) is 0 Å². The zero-order valence-electron chi connectivity index (χ0n) is 14.4. The molecular weight excluding hydrogens is 340 g/mol. The molecule has 0 bridgehead atoms. The second-order valence-electron chi connectivity index (χ2n) is 6.76. The van der Waals surface area contributed by atoms with Gasteiger partial charge in [0, 0.05) is 26.1 Å². The van der Waals surface area contributed by atoms with Gasteiger partial charge in [0.05, 0.1) is 18.1 Å². The van der Waals surface area contributed by atoms with Crippen LogP contribution in [0.5, 0.6) is 0 Å². The molecule has 7 heteroatoms. The number of carbonyl (C=O) groups excluding carboxylic acids is 1. The third-order valence-corrected chi connectivity index (χ3v) is 6.98. The molecule has 1 amide bonds. The molecule has 6 nitrogen and oxygen atoms in total. The minimum atomic E-state index is -3.56. The summed E-state index contributed by atoms with van der Waals surface area (Å²) in [5.41, 5.74) is 0.633. The highest BCUT2D eigenvalue weighted by molar-refractivity contribution is 7.89. The van der Waals surface area contributed by atoms with E-state index in [1.165, 1.54) is 17.1 Å². The second-order valence-corrected chi connectivity index (χ2v) is 8.66. The predicted molar refractivity (Wildman–Crippen MR) is 94.4 cm³/mol. The fourth-order valence-corrected chi connectivity index (χ4v) is 5.20. The molecule has 3 rings (SSSR count). The summed E-state index contributed by atoms with van der Waals surface area (Å²) < 4.78 is 32.5. The van der Waals surface area contributed by atoms with E-state index in [-0.39, 0.29) is 17.3 Å². The van der Waals surface area contributed by atoms with Gasteiger partial charge in [0.2, 0.25) is 15.9 Å². The lowest BCUT2D eigenvalue weighted by molar-refractivity contribution is -0.122. The number of nitrogens with one attached hydrogen (secondary N) is 1. The van der Waals surface area contributed by atoms with E-state index in [2.05, 4.69) is 5.32 Å². The van der Waals surface area contributed by atoms with Crippen LogP contribution in [0, 0.1) is 5.92 Å². The van der Waals surface area contributed by atoms with Gasteiger partial charge in [-0.3, -0.25) is 4.79 Å². The van der Waals surface area contributed by atoms with E-state index in [9.17, 15) is 13.2 Å². The first-order valence-electron chi connectivity index (χ1n) is 9.00. The number of rotatable bonds is 6. The molecule has 1 aromatic carbocycles. The number of hydrogen-bond donors (Lipinski definition) is 1. The maximum atomic E-state index is 12.9. The molecule has 138 valence electrons. The summed E-state index contributed by atoms with van der Waals surface area (Å²) in [6.07, 6.45) is 5.19. The van der Waals surface area contributed by atoms with Crippen molar-refractivity contribution in [1.82, 2.24) is 9.62 Å². The fraction of sp³-hybridized carbons (Fsp3) is 0.611. The Labute approximate surface area is 149 Å². The summed E-state index contributed by atoms with van der Waals surface area (Å²) in [6, 6.07) is 6.90. The molecule has 2 aliphatic rings. The topological polar surface area (TPSA) is 75.7 Å². The maximum Gasteiger partial charge on any atom is 0.243 e. The van der Waals surface area contributed by atoms with Crippen LogP contribution < -0.4 is 5.32 Å². The van der Waals surface area contributed by atoms with Crippen LogP contribution >= 0.6 is 0 Å². The molecule has 0 spiro atoms. The van der Waals surface area contributed by atoms with E-state index < -0.39 is 10.0 Å². The van der Waals surface area contributed by atoms with Gasteiger partial charge < -0.3 is 10.1 Å². The van der Waals surface area contributed by atoms with E-state index in [0.29, 0.717) is 44.2 Å². The number of carbonyl (C=O) groups is 1. The van der Waals surface area contributed by atoms with Gasteiger partial charge in [-0.2, -0.15) is 4.31 Å². The highest BCUT2D eigenvalue weighted by Crippen LogP contribution is 2.27. The Balaban J connectivity index is 1.66. The first kappa shape index (κ1) is 18.4. The van der Waals surface area contributed by atoms with Gasteiger partial charge in [-0.1, -0.05) is 31.0 Å². The van der Waals surface area contributed by atoms with Crippen LogP contribution in [0.2, 0.25) is 0 Å². The third kappa shape index (κ3) is 4.59. The SMILES string of the molecule is O=C(CC1CCCC1)NCc1ccccc1S(=O)(=O)N1CCOCC1. The molecule has 1 saturated carbocycles. The normalized spacial score (nSPS) is 19.8. The third-order valence-electron chi connectivity index (χ3n) is 4.99. The predicted octanol–water partition coefficient (Wildman–Crippen LogP) is 1.90. The molecule has 1 saturated heterocycles. The minimum absolute atomic E-state index is 0.00507. The number of ether oxygens (including phenoxy) is 1.